The smallest absolute Gasteiger partial charge is 0.417 e. The number of carbonyl (C=O) groups excluding carboxylic acids is 4. The molecule has 18 nitrogen and oxygen atoms in total. The molecule has 798 valence electrons. The average Bonchev–Trinajstić information content (AvgIpc) is 1.55. The van der Waals surface area contributed by atoms with Gasteiger partial charge in [-0.1, -0.05) is 249 Å². The number of carbonyl (C=O) groups is 4. The molecule has 1 aromatic heterocycles. The highest BCUT2D eigenvalue weighted by atomic mass is 35.5. The van der Waals surface area contributed by atoms with Crippen LogP contribution in [0.3, 0.4) is 0 Å². The average molecular weight is 2180 g/mol. The summed E-state index contributed by atoms with van der Waals surface area (Å²) >= 11 is 25.3. The summed E-state index contributed by atoms with van der Waals surface area (Å²) in [6.45, 7) is 6.37. The van der Waals surface area contributed by atoms with Crippen molar-refractivity contribution in [1.29, 1.82) is 0 Å². The van der Waals surface area contributed by atoms with Crippen LogP contribution in [-0.2, 0) is 40.3 Å². The van der Waals surface area contributed by atoms with E-state index in [0.717, 1.165) is 188 Å². The number of hydrogen-bond donors (Lipinski definition) is 5. The van der Waals surface area contributed by atoms with Crippen LogP contribution in [0.15, 0.2) is 270 Å². The van der Waals surface area contributed by atoms with Gasteiger partial charge in [0.15, 0.2) is 0 Å². The Kier molecular flexibility index (Phi) is 40.4. The molecule has 1 saturated carbocycles. The molecule has 4 unspecified atom stereocenters. The summed E-state index contributed by atoms with van der Waals surface area (Å²) in [5, 5.41) is 25.2. The fourth-order valence-corrected chi connectivity index (χ4v) is 24.7. The molecule has 11 atom stereocenters. The fourth-order valence-electron chi connectivity index (χ4n) is 21.1. The van der Waals surface area contributed by atoms with Crippen molar-refractivity contribution in [3.05, 3.63) is 358 Å². The standard InChI is InChI=1S/C30H36N2O4S.2C22H24ClF3N2O.C20H20ClF3N2O.C19H20ClF3N2OS/c1-36-27-15-17-28(18-16-27)37(34,35)32(25-12-6-3-7-13-25)26-19-22-31(23-20-26)29-14-8-9-21-30(29,33)24-10-4-2-5-11-24;1-14-8-6-13-18(28(14)2)20(15-9-4-3-5-10-15)27-21(29)16-11-7-12-17(19(16)23)22(24,25)26;1-28-14-7-3-6-13-18(28)20(15-9-4-2-5-10-15)27-21(29)16-11-8-12-17(19(16)23)22(24,25)26;1-26-12-6-11-16(26)18(13-7-3-2-4-8-13)25-19(27)14-9-5-10-15(17(14)21)20(22,23)24;1-25-9-3-2-7-15(25)17(12-8-10-27-11-12)24-18(26)13-5-4-6-14(16(13)20)19(21,22)23/h2-7,10-13,15-18,26,29,33H,8-9,14,19-23H2,1H3;3-5,7,9-12,14,18,20H,6,8,13H2,1-2H3,(H,27,29);2,4-5,8-12,18,20H,3,6-7,13-14H2,1H3,(H,27,29);2-5,7-10,16,18H,6,11-12H2,1H3,(H,25,27);4-6,8,10-11,15,17H,2-3,7,9H2,1H3,(H,24,26)/t;14-,18-,20-;18-,20-;16-,18-;/m.111./s1. The lowest BCUT2D eigenvalue weighted by atomic mass is 9.74. The number of nitrogens with zero attached hydrogens (tertiary/aromatic N) is 6. The van der Waals surface area contributed by atoms with Crippen LogP contribution < -0.4 is 30.3 Å². The third-order valence-electron chi connectivity index (χ3n) is 29.1. The number of anilines is 1. The Labute approximate surface area is 887 Å². The van der Waals surface area contributed by atoms with Gasteiger partial charge in [0.05, 0.1) is 106 Å². The first-order valence-electron chi connectivity index (χ1n) is 49.9. The summed E-state index contributed by atoms with van der Waals surface area (Å²) in [6, 6.07) is 69.2. The van der Waals surface area contributed by atoms with Crippen LogP contribution in [0.4, 0.5) is 58.4 Å². The maximum Gasteiger partial charge on any atom is 0.417 e. The minimum absolute atomic E-state index is 0.0352. The number of para-hydroxylation sites is 1. The predicted molar refractivity (Wildman–Crippen MR) is 562 cm³/mol. The number of likely N-dealkylation sites (tertiary alicyclic amines) is 5. The molecule has 5 aliphatic heterocycles. The zero-order valence-corrected chi connectivity index (χ0v) is 88.0. The number of hydrogen-bond acceptors (Lipinski definition) is 14. The monoisotopic (exact) mass is 2180 g/mol. The predicted octanol–water partition coefficient (Wildman–Crippen LogP) is 26.9. The summed E-state index contributed by atoms with van der Waals surface area (Å²) in [7, 11) is 5.83. The van der Waals surface area contributed by atoms with Gasteiger partial charge in [-0.15, -0.1) is 0 Å². The molecule has 4 amide bonds. The summed E-state index contributed by atoms with van der Waals surface area (Å²) in [5.41, 5.74) is -0.219. The van der Waals surface area contributed by atoms with Crippen LogP contribution in [0.25, 0.3) is 0 Å². The van der Waals surface area contributed by atoms with Crippen LogP contribution in [-0.4, -0.2) is 172 Å². The third-order valence-corrected chi connectivity index (χ3v) is 33.3. The fraction of sp³-hybridized carbons (Fsp3) is 0.398. The van der Waals surface area contributed by atoms with E-state index in [2.05, 4.69) is 52.7 Å². The molecule has 149 heavy (non-hydrogen) atoms. The highest BCUT2D eigenvalue weighted by Gasteiger charge is 2.48. The summed E-state index contributed by atoms with van der Waals surface area (Å²) in [5.74, 6) is -1.80. The molecule has 6 aliphatic rings. The van der Waals surface area contributed by atoms with Gasteiger partial charge in [-0.25, -0.2) is 8.42 Å². The van der Waals surface area contributed by atoms with Crippen molar-refractivity contribution in [1.82, 2.24) is 45.8 Å². The van der Waals surface area contributed by atoms with E-state index in [0.29, 0.717) is 30.3 Å². The molecule has 0 bridgehead atoms. The Morgan fingerprint density at radius 3 is 1.12 bits per heavy atom. The van der Waals surface area contributed by atoms with Crippen LogP contribution in [0.2, 0.25) is 20.1 Å². The zero-order chi connectivity index (χ0) is 107. The van der Waals surface area contributed by atoms with Crippen LogP contribution >= 0.6 is 57.7 Å². The minimum Gasteiger partial charge on any atom is -0.497 e. The molecule has 17 rings (SSSR count). The largest absolute Gasteiger partial charge is 0.497 e. The van der Waals surface area contributed by atoms with Crippen molar-refractivity contribution in [3.63, 3.8) is 0 Å². The number of piperidine rings is 3. The Bertz CT molecular complexity index is 6200. The van der Waals surface area contributed by atoms with Crippen LogP contribution in [0, 0.1) is 0 Å². The minimum atomic E-state index is -4.62. The number of methoxy groups -OCH3 is 1. The second-order valence-corrected chi connectivity index (χ2v) is 42.6. The van der Waals surface area contributed by atoms with Gasteiger partial charge in [-0.2, -0.15) is 64.0 Å². The highest BCUT2D eigenvalue weighted by molar-refractivity contribution is 7.92. The number of sulfonamides is 1. The summed E-state index contributed by atoms with van der Waals surface area (Å²) in [4.78, 5) is 63.0. The lowest BCUT2D eigenvalue weighted by Crippen LogP contribution is -2.57. The SMILES string of the molecule is CN1CCCCC1C(NC(=O)c1cccc(C(F)(F)F)c1Cl)c1ccsc1.CN1CCCCC[C@@H]1[C@H](NC(=O)c1cccc(C(F)(F)F)c1Cl)c1ccccc1.CN1CCC[C@@H]1[C@H](NC(=O)c1cccc(C(F)(F)F)c1Cl)c1ccccc1.COc1ccc(S(=O)(=O)N(c2ccccc2)C2CCN(C3CCCCC3(O)c3ccccc3)CC2)cc1.C[C@@H]1CCC[C@H]([C@H](NC(=O)c2cccc(C(F)(F)F)c2Cl)c2ccccc2)N1C. The van der Waals surface area contributed by atoms with E-state index >= 15 is 0 Å². The zero-order valence-electron chi connectivity index (χ0n) is 83.4. The van der Waals surface area contributed by atoms with Gasteiger partial charge in [0.1, 0.15) is 11.4 Å². The van der Waals surface area contributed by atoms with E-state index in [-0.39, 0.29) is 87.6 Å². The molecular weight excluding hydrogens is 2060 g/mol. The number of rotatable bonds is 23. The van der Waals surface area contributed by atoms with E-state index in [4.69, 9.17) is 51.1 Å². The second-order valence-electron chi connectivity index (χ2n) is 38.5. The van der Waals surface area contributed by atoms with Crippen molar-refractivity contribution < 1.29 is 90.1 Å². The Morgan fingerprint density at radius 1 is 0.396 bits per heavy atom. The highest BCUT2D eigenvalue weighted by Crippen LogP contribution is 2.47. The number of alkyl halides is 12. The van der Waals surface area contributed by atoms with Gasteiger partial charge in [0.2, 0.25) is 0 Å². The number of aliphatic hydroxyl groups is 1. The van der Waals surface area contributed by atoms with Crippen molar-refractivity contribution in [2.45, 2.75) is 224 Å². The van der Waals surface area contributed by atoms with E-state index in [1.807, 2.05) is 197 Å². The van der Waals surface area contributed by atoms with Crippen molar-refractivity contribution in [3.8, 4) is 5.75 Å². The lowest BCUT2D eigenvalue weighted by molar-refractivity contribution is -0.138. The molecule has 10 aromatic carbocycles. The first kappa shape index (κ1) is 116. The molecule has 0 radical (unpaired) electrons. The normalized spacial score (nSPS) is 20.8. The number of likely N-dealkylation sites (N-methyl/N-ethyl adjacent to an activating group) is 4. The maximum absolute atomic E-state index is 13.9. The quantitative estimate of drug-likeness (QED) is 0.0379. The Morgan fingerprint density at radius 2 is 0.745 bits per heavy atom. The van der Waals surface area contributed by atoms with E-state index in [1.165, 1.54) is 59.9 Å². The molecule has 1 aliphatic carbocycles. The van der Waals surface area contributed by atoms with E-state index < -0.39 is 106 Å². The molecule has 0 spiro atoms. The van der Waals surface area contributed by atoms with Gasteiger partial charge in [-0.05, 0) is 261 Å². The molecule has 11 aromatic rings. The summed E-state index contributed by atoms with van der Waals surface area (Å²) in [6.07, 6.45) is -1.16. The van der Waals surface area contributed by atoms with Gasteiger partial charge < -0.3 is 45.8 Å². The number of thiophene rings is 1. The number of nitrogens with one attached hydrogen (secondary N) is 4. The van der Waals surface area contributed by atoms with Crippen molar-refractivity contribution in [2.75, 3.05) is 72.3 Å². The van der Waals surface area contributed by atoms with Crippen LogP contribution in [0.1, 0.15) is 238 Å². The van der Waals surface area contributed by atoms with Gasteiger partial charge >= 0.3 is 24.7 Å². The molecule has 5 saturated heterocycles. The summed E-state index contributed by atoms with van der Waals surface area (Å²) < 4.78 is 192. The lowest BCUT2D eigenvalue weighted by Gasteiger charge is -2.49. The van der Waals surface area contributed by atoms with Crippen molar-refractivity contribution in [2.24, 2.45) is 0 Å². The first-order valence-corrected chi connectivity index (χ1v) is 53.8. The molecular formula is C113H124Cl4F12N10O8S2. The van der Waals surface area contributed by atoms with E-state index in [1.54, 1.807) is 35.7 Å². The number of benzene rings is 10. The number of halogens is 16. The topological polar surface area (TPSA) is 199 Å². The van der Waals surface area contributed by atoms with E-state index in [9.17, 15) is 85.4 Å². The maximum atomic E-state index is 13.9. The Balaban J connectivity index is 0.000000156. The molecule has 5 N–H and O–H groups in total. The number of ether oxygens (including phenoxy) is 1. The van der Waals surface area contributed by atoms with Gasteiger partial charge in [-0.3, -0.25) is 33.3 Å². The third kappa shape index (κ3) is 29.3. The second kappa shape index (κ2) is 52.2. The molecule has 6 fully saturated rings. The Hall–Kier alpha value is -10.6. The molecule has 36 heteroatoms. The van der Waals surface area contributed by atoms with Crippen LogP contribution in [0.5, 0.6) is 5.75 Å². The molecule has 6 heterocycles. The van der Waals surface area contributed by atoms with Gasteiger partial charge in [0.25, 0.3) is 33.7 Å². The van der Waals surface area contributed by atoms with Gasteiger partial charge in [0, 0.05) is 55.4 Å². The number of amides is 4. The van der Waals surface area contributed by atoms with Crippen molar-refractivity contribution >= 4 is 97.1 Å². The first-order chi connectivity index (χ1) is 71.0.